The molecule has 0 radical (unpaired) electrons. The second-order valence-corrected chi connectivity index (χ2v) is 7.17. The lowest BCUT2D eigenvalue weighted by atomic mass is 9.86. The summed E-state index contributed by atoms with van der Waals surface area (Å²) in [5.74, 6) is 0.700. The molecule has 0 bridgehead atoms. The standard InChI is InChI=1S/C17H30N2O2/c1-13(17(21)18-10-4-5-11-18)19-12-3-2-8-15(19)14-7-6-9-16(14)20/h13-16,20H,2-12H2,1H3. The third kappa shape index (κ3) is 3.11. The van der Waals surface area contributed by atoms with Crippen molar-refractivity contribution in [2.24, 2.45) is 5.92 Å². The molecule has 1 N–H and O–H groups in total. The van der Waals surface area contributed by atoms with Gasteiger partial charge in [-0.3, -0.25) is 9.69 Å². The molecule has 2 aliphatic heterocycles. The van der Waals surface area contributed by atoms with E-state index in [1.54, 1.807) is 0 Å². The van der Waals surface area contributed by atoms with Gasteiger partial charge in [-0.25, -0.2) is 0 Å². The maximum absolute atomic E-state index is 12.7. The Hall–Kier alpha value is -0.610. The van der Waals surface area contributed by atoms with E-state index >= 15 is 0 Å². The van der Waals surface area contributed by atoms with Crippen LogP contribution >= 0.6 is 0 Å². The smallest absolute Gasteiger partial charge is 0.239 e. The summed E-state index contributed by atoms with van der Waals surface area (Å²) in [6.45, 7) is 4.98. The minimum absolute atomic E-state index is 0.0128. The third-order valence-corrected chi connectivity index (χ3v) is 5.89. The highest BCUT2D eigenvalue weighted by Crippen LogP contribution is 2.36. The van der Waals surface area contributed by atoms with Crippen molar-refractivity contribution >= 4 is 5.91 Å². The Morgan fingerprint density at radius 2 is 1.71 bits per heavy atom. The maximum atomic E-state index is 12.7. The van der Waals surface area contributed by atoms with Gasteiger partial charge in [-0.05, 0) is 52.0 Å². The Balaban J connectivity index is 1.69. The quantitative estimate of drug-likeness (QED) is 0.866. The van der Waals surface area contributed by atoms with Crippen LogP contribution in [0.5, 0.6) is 0 Å². The Labute approximate surface area is 128 Å². The number of carbonyl (C=O) groups is 1. The average Bonchev–Trinajstić information content (AvgIpc) is 3.17. The third-order valence-electron chi connectivity index (χ3n) is 5.89. The number of hydrogen-bond acceptors (Lipinski definition) is 3. The Kier molecular flexibility index (Phi) is 4.85. The molecule has 4 nitrogen and oxygen atoms in total. The molecular formula is C17H30N2O2. The van der Waals surface area contributed by atoms with Crippen molar-refractivity contribution < 1.29 is 9.90 Å². The first-order valence-corrected chi connectivity index (χ1v) is 8.91. The second-order valence-electron chi connectivity index (χ2n) is 7.17. The van der Waals surface area contributed by atoms with E-state index in [2.05, 4.69) is 11.8 Å². The number of carbonyl (C=O) groups excluding carboxylic acids is 1. The zero-order chi connectivity index (χ0) is 14.8. The number of aliphatic hydroxyl groups is 1. The summed E-state index contributed by atoms with van der Waals surface area (Å²) in [7, 11) is 0. The summed E-state index contributed by atoms with van der Waals surface area (Å²) in [6.07, 6.45) is 8.98. The van der Waals surface area contributed by atoms with Gasteiger partial charge >= 0.3 is 0 Å². The Bertz CT molecular complexity index is 368. The predicted octanol–water partition coefficient (Wildman–Crippen LogP) is 2.01. The Morgan fingerprint density at radius 3 is 2.38 bits per heavy atom. The monoisotopic (exact) mass is 294 g/mol. The number of rotatable bonds is 3. The van der Waals surface area contributed by atoms with E-state index in [0.29, 0.717) is 17.9 Å². The van der Waals surface area contributed by atoms with E-state index in [-0.39, 0.29) is 12.1 Å². The van der Waals surface area contributed by atoms with E-state index in [0.717, 1.165) is 58.2 Å². The molecule has 1 amide bonds. The van der Waals surface area contributed by atoms with Crippen molar-refractivity contribution in [2.75, 3.05) is 19.6 Å². The number of nitrogens with zero attached hydrogens (tertiary/aromatic N) is 2. The summed E-state index contributed by atoms with van der Waals surface area (Å²) in [5.41, 5.74) is 0. The molecule has 4 atom stereocenters. The predicted molar refractivity (Wildman–Crippen MR) is 83.0 cm³/mol. The van der Waals surface area contributed by atoms with Gasteiger partial charge in [0.2, 0.25) is 5.91 Å². The number of piperidine rings is 1. The van der Waals surface area contributed by atoms with E-state index in [1.807, 2.05) is 4.90 Å². The van der Waals surface area contributed by atoms with E-state index < -0.39 is 0 Å². The van der Waals surface area contributed by atoms with Gasteiger partial charge in [0.1, 0.15) is 0 Å². The van der Waals surface area contributed by atoms with Gasteiger partial charge < -0.3 is 10.0 Å². The van der Waals surface area contributed by atoms with Crippen LogP contribution in [-0.2, 0) is 4.79 Å². The van der Waals surface area contributed by atoms with Crippen molar-refractivity contribution in [2.45, 2.75) is 76.5 Å². The van der Waals surface area contributed by atoms with Crippen molar-refractivity contribution in [3.05, 3.63) is 0 Å². The molecule has 0 aromatic heterocycles. The molecular weight excluding hydrogens is 264 g/mol. The molecule has 4 unspecified atom stereocenters. The molecule has 3 aliphatic rings. The van der Waals surface area contributed by atoms with Crippen molar-refractivity contribution in [1.29, 1.82) is 0 Å². The van der Waals surface area contributed by atoms with Crippen LogP contribution in [0.15, 0.2) is 0 Å². The van der Waals surface area contributed by atoms with E-state index in [1.165, 1.54) is 12.8 Å². The van der Waals surface area contributed by atoms with Crippen LogP contribution in [0.2, 0.25) is 0 Å². The van der Waals surface area contributed by atoms with Gasteiger partial charge in [-0.1, -0.05) is 12.8 Å². The van der Waals surface area contributed by atoms with Crippen molar-refractivity contribution in [1.82, 2.24) is 9.80 Å². The fourth-order valence-corrected chi connectivity index (χ4v) is 4.68. The topological polar surface area (TPSA) is 43.8 Å². The molecule has 3 rings (SSSR count). The molecule has 120 valence electrons. The molecule has 2 heterocycles. The molecule has 2 saturated heterocycles. The van der Waals surface area contributed by atoms with E-state index in [9.17, 15) is 9.90 Å². The summed E-state index contributed by atoms with van der Waals surface area (Å²) in [6, 6.07) is 0.402. The van der Waals surface area contributed by atoms with Gasteiger partial charge in [0.25, 0.3) is 0 Å². The van der Waals surface area contributed by atoms with Crippen molar-refractivity contribution in [3.63, 3.8) is 0 Å². The Morgan fingerprint density at radius 1 is 1.00 bits per heavy atom. The van der Waals surface area contributed by atoms with Gasteiger partial charge in [0, 0.05) is 25.0 Å². The average molecular weight is 294 g/mol. The largest absolute Gasteiger partial charge is 0.393 e. The zero-order valence-electron chi connectivity index (χ0n) is 13.3. The lowest BCUT2D eigenvalue weighted by Gasteiger charge is -2.43. The second kappa shape index (κ2) is 6.66. The lowest BCUT2D eigenvalue weighted by molar-refractivity contribution is -0.138. The number of hydrogen-bond donors (Lipinski definition) is 1. The molecule has 3 fully saturated rings. The number of likely N-dealkylation sites (tertiary alicyclic amines) is 2. The normalized spacial score (nSPS) is 36.1. The first-order chi connectivity index (χ1) is 10.2. The van der Waals surface area contributed by atoms with Gasteiger partial charge in [-0.15, -0.1) is 0 Å². The highest BCUT2D eigenvalue weighted by molar-refractivity contribution is 5.81. The van der Waals surface area contributed by atoms with Gasteiger partial charge in [-0.2, -0.15) is 0 Å². The van der Waals surface area contributed by atoms with Crippen LogP contribution < -0.4 is 0 Å². The summed E-state index contributed by atoms with van der Waals surface area (Å²) >= 11 is 0. The highest BCUT2D eigenvalue weighted by atomic mass is 16.3. The van der Waals surface area contributed by atoms with Gasteiger partial charge in [0.05, 0.1) is 12.1 Å². The highest BCUT2D eigenvalue weighted by Gasteiger charge is 2.40. The molecule has 0 aromatic carbocycles. The summed E-state index contributed by atoms with van der Waals surface area (Å²) < 4.78 is 0. The van der Waals surface area contributed by atoms with Crippen LogP contribution in [0.3, 0.4) is 0 Å². The summed E-state index contributed by atoms with van der Waals surface area (Å²) in [4.78, 5) is 17.2. The SMILES string of the molecule is CC(C(=O)N1CCCC1)N1CCCCC1C1CCCC1O. The van der Waals surface area contributed by atoms with Crippen molar-refractivity contribution in [3.8, 4) is 0 Å². The fourth-order valence-electron chi connectivity index (χ4n) is 4.68. The first-order valence-electron chi connectivity index (χ1n) is 8.91. The minimum Gasteiger partial charge on any atom is -0.393 e. The minimum atomic E-state index is -0.148. The fraction of sp³-hybridized carbons (Fsp3) is 0.941. The molecule has 1 aliphatic carbocycles. The van der Waals surface area contributed by atoms with Crippen LogP contribution in [-0.4, -0.2) is 58.6 Å². The van der Waals surface area contributed by atoms with Crippen LogP contribution in [0, 0.1) is 5.92 Å². The van der Waals surface area contributed by atoms with Crippen LogP contribution in [0.4, 0.5) is 0 Å². The van der Waals surface area contributed by atoms with Gasteiger partial charge in [0.15, 0.2) is 0 Å². The molecule has 0 spiro atoms. The molecule has 0 aromatic rings. The van der Waals surface area contributed by atoms with E-state index in [4.69, 9.17) is 0 Å². The number of aliphatic hydroxyl groups excluding tert-OH is 1. The first kappa shape index (κ1) is 15.3. The van der Waals surface area contributed by atoms with Crippen LogP contribution in [0.25, 0.3) is 0 Å². The zero-order valence-corrected chi connectivity index (χ0v) is 13.3. The molecule has 1 saturated carbocycles. The number of amides is 1. The maximum Gasteiger partial charge on any atom is 0.239 e. The molecule has 4 heteroatoms. The lowest BCUT2D eigenvalue weighted by Crippen LogP contribution is -2.55. The van der Waals surface area contributed by atoms with Crippen LogP contribution in [0.1, 0.15) is 58.3 Å². The summed E-state index contributed by atoms with van der Waals surface area (Å²) in [5, 5.41) is 10.3. The molecule has 21 heavy (non-hydrogen) atoms.